The molecule has 6 aromatic rings. The van der Waals surface area contributed by atoms with Crippen LogP contribution in [0.25, 0.3) is 39.0 Å². The Kier molecular flexibility index (Phi) is 7.90. The van der Waals surface area contributed by atoms with Crippen molar-refractivity contribution in [1.82, 2.24) is 14.5 Å². The summed E-state index contributed by atoms with van der Waals surface area (Å²) in [4.78, 5) is 21.7. The summed E-state index contributed by atoms with van der Waals surface area (Å²) in [6.07, 6.45) is -1.25. The van der Waals surface area contributed by atoms with Crippen molar-refractivity contribution < 1.29 is 22.7 Å². The van der Waals surface area contributed by atoms with Crippen molar-refractivity contribution in [3.63, 3.8) is 0 Å². The minimum Gasteiger partial charge on any atom is -0.497 e. The number of fused-ring (bicyclic) bond motifs is 1. The highest BCUT2D eigenvalue weighted by molar-refractivity contribution is 6.31. The number of ether oxygens (including phenoxy) is 1. The molecule has 6 rings (SSSR count). The summed E-state index contributed by atoms with van der Waals surface area (Å²) in [5.74, 6) is 1.36. The maximum atomic E-state index is 13.4. The van der Waals surface area contributed by atoms with Crippen LogP contribution in [0.5, 0.6) is 5.75 Å². The summed E-state index contributed by atoms with van der Waals surface area (Å²) in [7, 11) is 3.40. The predicted molar refractivity (Wildman–Crippen MR) is 170 cm³/mol. The van der Waals surface area contributed by atoms with E-state index in [0.717, 1.165) is 51.0 Å². The van der Waals surface area contributed by atoms with Gasteiger partial charge in [-0.25, -0.2) is 9.97 Å². The standard InChI is InChI=1S/C34H25ClF3N5O2/c1-39-31-17-32(41-19-40-31)43-18-27(26-12-8-21(16-30(26)43)20-6-10-25(45-2)11-7-20)22-4-3-5-24(14-22)42-33(44)23-9-13-29(35)28(15-23)34(36,37)38/h3-19H,1-2H3,(H,42,44)(H,39,40,41). The smallest absolute Gasteiger partial charge is 0.417 e. The van der Waals surface area contributed by atoms with Gasteiger partial charge in [0.25, 0.3) is 5.91 Å². The summed E-state index contributed by atoms with van der Waals surface area (Å²) < 4.78 is 47.4. The number of amides is 1. The maximum Gasteiger partial charge on any atom is 0.417 e. The summed E-state index contributed by atoms with van der Waals surface area (Å²) >= 11 is 5.73. The van der Waals surface area contributed by atoms with Gasteiger partial charge in [0.15, 0.2) is 0 Å². The van der Waals surface area contributed by atoms with Crippen molar-refractivity contribution in [2.24, 2.45) is 0 Å². The minimum absolute atomic E-state index is 0.163. The highest BCUT2D eigenvalue weighted by Gasteiger charge is 2.34. The second kappa shape index (κ2) is 12.0. The molecule has 0 unspecified atom stereocenters. The SMILES string of the molecule is CNc1cc(-n2cc(-c3cccc(NC(=O)c4ccc(Cl)c(C(F)(F)F)c4)c3)c3ccc(-c4ccc(OC)cc4)cc32)ncn1. The zero-order chi connectivity index (χ0) is 31.7. The summed E-state index contributed by atoms with van der Waals surface area (Å²) in [6.45, 7) is 0. The van der Waals surface area contributed by atoms with Gasteiger partial charge in [-0.1, -0.05) is 48.0 Å². The van der Waals surface area contributed by atoms with Crippen LogP contribution in [-0.4, -0.2) is 34.6 Å². The normalized spacial score (nSPS) is 11.4. The number of carbonyl (C=O) groups is 1. The lowest BCUT2D eigenvalue weighted by atomic mass is 10.0. The molecule has 0 aliphatic rings. The van der Waals surface area contributed by atoms with Crippen molar-refractivity contribution in [2.45, 2.75) is 6.18 Å². The van der Waals surface area contributed by atoms with Crippen LogP contribution in [0.3, 0.4) is 0 Å². The fraction of sp³-hybridized carbons (Fsp3) is 0.0882. The number of methoxy groups -OCH3 is 1. The number of hydrogen-bond donors (Lipinski definition) is 2. The molecule has 2 heterocycles. The molecule has 1 amide bonds. The van der Waals surface area contributed by atoms with Gasteiger partial charge in [0, 0.05) is 41.5 Å². The van der Waals surface area contributed by atoms with Gasteiger partial charge in [-0.05, 0) is 65.2 Å². The number of nitrogens with zero attached hydrogens (tertiary/aromatic N) is 3. The zero-order valence-electron chi connectivity index (χ0n) is 24.0. The molecule has 4 aromatic carbocycles. The number of hydrogen-bond acceptors (Lipinski definition) is 5. The number of alkyl halides is 3. The first kappa shape index (κ1) is 29.7. The first-order valence-electron chi connectivity index (χ1n) is 13.7. The van der Waals surface area contributed by atoms with E-state index in [9.17, 15) is 18.0 Å². The third-order valence-electron chi connectivity index (χ3n) is 7.35. The summed E-state index contributed by atoms with van der Waals surface area (Å²) in [5, 5.41) is 6.20. The molecule has 11 heteroatoms. The molecule has 0 aliphatic heterocycles. The molecule has 0 spiro atoms. The first-order chi connectivity index (χ1) is 21.6. The quantitative estimate of drug-likeness (QED) is 0.185. The zero-order valence-corrected chi connectivity index (χ0v) is 24.7. The Bertz CT molecular complexity index is 2040. The molecule has 0 saturated heterocycles. The summed E-state index contributed by atoms with van der Waals surface area (Å²) in [5.41, 5.74) is 3.70. The van der Waals surface area contributed by atoms with E-state index in [2.05, 4.69) is 26.7 Å². The molecule has 2 N–H and O–H groups in total. The van der Waals surface area contributed by atoms with Crippen LogP contribution in [0.1, 0.15) is 15.9 Å². The van der Waals surface area contributed by atoms with Crippen LogP contribution < -0.4 is 15.4 Å². The highest BCUT2D eigenvalue weighted by atomic mass is 35.5. The molecular formula is C34H25ClF3N5O2. The Hall–Kier alpha value is -5.35. The Morgan fingerprint density at radius 3 is 2.40 bits per heavy atom. The van der Waals surface area contributed by atoms with Crippen LogP contribution >= 0.6 is 11.6 Å². The molecule has 0 radical (unpaired) electrons. The lowest BCUT2D eigenvalue weighted by molar-refractivity contribution is -0.137. The molecule has 0 saturated carbocycles. The average Bonchev–Trinajstić information content (AvgIpc) is 3.43. The highest BCUT2D eigenvalue weighted by Crippen LogP contribution is 2.37. The van der Waals surface area contributed by atoms with Crippen molar-refractivity contribution >= 4 is 39.9 Å². The Balaban J connectivity index is 1.41. The molecule has 0 bridgehead atoms. The van der Waals surface area contributed by atoms with Gasteiger partial charge in [0.05, 0.1) is 23.2 Å². The van der Waals surface area contributed by atoms with Gasteiger partial charge in [0.2, 0.25) is 0 Å². The molecule has 0 atom stereocenters. The van der Waals surface area contributed by atoms with Crippen LogP contribution in [-0.2, 0) is 6.18 Å². The van der Waals surface area contributed by atoms with Gasteiger partial charge in [-0.2, -0.15) is 13.2 Å². The second-order valence-corrected chi connectivity index (χ2v) is 10.5. The number of anilines is 2. The van der Waals surface area contributed by atoms with E-state index < -0.39 is 22.7 Å². The lowest BCUT2D eigenvalue weighted by Crippen LogP contribution is -2.14. The minimum atomic E-state index is -4.69. The van der Waals surface area contributed by atoms with Gasteiger partial charge < -0.3 is 19.9 Å². The van der Waals surface area contributed by atoms with Crippen molar-refractivity contribution in [3.8, 4) is 33.8 Å². The predicted octanol–water partition coefficient (Wildman–Crippen LogP) is 8.73. The average molecular weight is 628 g/mol. The second-order valence-electron chi connectivity index (χ2n) is 10.1. The van der Waals surface area contributed by atoms with E-state index in [1.54, 1.807) is 32.4 Å². The number of halogens is 4. The van der Waals surface area contributed by atoms with E-state index in [4.69, 9.17) is 16.3 Å². The molecule has 226 valence electrons. The molecule has 7 nitrogen and oxygen atoms in total. The lowest BCUT2D eigenvalue weighted by Gasteiger charge is -2.12. The van der Waals surface area contributed by atoms with Crippen LogP contribution in [0, 0.1) is 0 Å². The van der Waals surface area contributed by atoms with E-state index in [0.29, 0.717) is 17.3 Å². The largest absolute Gasteiger partial charge is 0.497 e. The van der Waals surface area contributed by atoms with Gasteiger partial charge >= 0.3 is 6.18 Å². The van der Waals surface area contributed by atoms with E-state index in [1.165, 1.54) is 12.4 Å². The number of nitrogens with one attached hydrogen (secondary N) is 2. The Morgan fingerprint density at radius 1 is 0.889 bits per heavy atom. The number of carbonyl (C=O) groups excluding carboxylic acids is 1. The summed E-state index contributed by atoms with van der Waals surface area (Å²) in [6, 6.07) is 25.9. The van der Waals surface area contributed by atoms with Gasteiger partial charge in [-0.3, -0.25) is 4.79 Å². The van der Waals surface area contributed by atoms with Crippen molar-refractivity contribution in [3.05, 3.63) is 120 Å². The molecule has 0 fully saturated rings. The topological polar surface area (TPSA) is 81.1 Å². The van der Waals surface area contributed by atoms with Crippen LogP contribution in [0.2, 0.25) is 5.02 Å². The Labute approximate surface area is 261 Å². The molecular weight excluding hydrogens is 603 g/mol. The number of aromatic nitrogens is 3. The van der Waals surface area contributed by atoms with E-state index in [-0.39, 0.29) is 5.56 Å². The number of rotatable bonds is 7. The van der Waals surface area contributed by atoms with Gasteiger partial charge in [-0.15, -0.1) is 0 Å². The van der Waals surface area contributed by atoms with Crippen molar-refractivity contribution in [1.29, 1.82) is 0 Å². The van der Waals surface area contributed by atoms with Gasteiger partial charge in [0.1, 0.15) is 23.7 Å². The van der Waals surface area contributed by atoms with E-state index in [1.807, 2.05) is 59.3 Å². The molecule has 0 aliphatic carbocycles. The fourth-order valence-corrected chi connectivity index (χ4v) is 5.30. The maximum absolute atomic E-state index is 13.4. The molecule has 45 heavy (non-hydrogen) atoms. The molecule has 2 aromatic heterocycles. The van der Waals surface area contributed by atoms with Crippen molar-refractivity contribution in [2.75, 3.05) is 24.8 Å². The van der Waals surface area contributed by atoms with Crippen LogP contribution in [0.15, 0.2) is 104 Å². The fourth-order valence-electron chi connectivity index (χ4n) is 5.08. The third-order valence-corrected chi connectivity index (χ3v) is 7.68. The monoisotopic (exact) mass is 627 g/mol. The number of benzene rings is 4. The third kappa shape index (κ3) is 6.05. The Morgan fingerprint density at radius 2 is 1.67 bits per heavy atom. The first-order valence-corrected chi connectivity index (χ1v) is 14.1. The van der Waals surface area contributed by atoms with E-state index >= 15 is 0 Å². The van der Waals surface area contributed by atoms with Crippen LogP contribution in [0.4, 0.5) is 24.7 Å².